The van der Waals surface area contributed by atoms with Crippen LogP contribution in [-0.4, -0.2) is 29.6 Å². The van der Waals surface area contributed by atoms with Gasteiger partial charge in [0.15, 0.2) is 0 Å². The van der Waals surface area contributed by atoms with Crippen molar-refractivity contribution in [2.24, 2.45) is 0 Å². The number of hydrogen-bond donors (Lipinski definition) is 3. The van der Waals surface area contributed by atoms with Crippen molar-refractivity contribution in [3.63, 3.8) is 0 Å². The van der Waals surface area contributed by atoms with Crippen molar-refractivity contribution in [2.45, 2.75) is 13.0 Å². The second-order valence-electron chi connectivity index (χ2n) is 3.50. The largest absolute Gasteiger partial charge is 0.480 e. The summed E-state index contributed by atoms with van der Waals surface area (Å²) in [6.07, 6.45) is 0. The third-order valence-corrected chi connectivity index (χ3v) is 2.54. The predicted octanol–water partition coefficient (Wildman–Crippen LogP) is 1.45. The zero-order valence-corrected chi connectivity index (χ0v) is 10.8. The minimum atomic E-state index is -0.986. The van der Waals surface area contributed by atoms with Gasteiger partial charge in [-0.15, -0.1) is 0 Å². The van der Waals surface area contributed by atoms with Crippen LogP contribution in [0.5, 0.6) is 0 Å². The van der Waals surface area contributed by atoms with E-state index in [1.165, 1.54) is 6.92 Å². The van der Waals surface area contributed by atoms with Crippen LogP contribution in [0.2, 0.25) is 0 Å². The SMILES string of the molecule is C[C@@H](NCC(=O)Nc1cccc(Br)c1)C(=O)O. The maximum absolute atomic E-state index is 11.5. The molecule has 3 N–H and O–H groups in total. The molecule has 92 valence electrons. The summed E-state index contributed by atoms with van der Waals surface area (Å²) < 4.78 is 0.863. The average molecular weight is 301 g/mol. The molecule has 0 aliphatic rings. The van der Waals surface area contributed by atoms with Crippen LogP contribution in [-0.2, 0) is 9.59 Å². The second kappa shape index (κ2) is 6.36. The lowest BCUT2D eigenvalue weighted by Gasteiger charge is -2.09. The molecule has 0 aliphatic carbocycles. The molecule has 0 unspecified atom stereocenters. The fraction of sp³-hybridized carbons (Fsp3) is 0.273. The van der Waals surface area contributed by atoms with E-state index < -0.39 is 12.0 Å². The minimum absolute atomic E-state index is 0.0417. The van der Waals surface area contributed by atoms with E-state index in [-0.39, 0.29) is 12.5 Å². The molecule has 17 heavy (non-hydrogen) atoms. The van der Waals surface area contributed by atoms with Crippen LogP contribution in [0.25, 0.3) is 0 Å². The summed E-state index contributed by atoms with van der Waals surface area (Å²) in [5.74, 6) is -1.27. The number of carbonyl (C=O) groups is 2. The molecule has 0 spiro atoms. The smallest absolute Gasteiger partial charge is 0.320 e. The first kappa shape index (κ1) is 13.7. The number of anilines is 1. The molecule has 0 saturated heterocycles. The molecule has 0 aromatic heterocycles. The third-order valence-electron chi connectivity index (χ3n) is 2.05. The van der Waals surface area contributed by atoms with Gasteiger partial charge in [0.25, 0.3) is 0 Å². The van der Waals surface area contributed by atoms with Gasteiger partial charge in [0, 0.05) is 10.2 Å². The van der Waals surface area contributed by atoms with E-state index in [4.69, 9.17) is 5.11 Å². The van der Waals surface area contributed by atoms with Crippen molar-refractivity contribution in [3.8, 4) is 0 Å². The molecule has 1 amide bonds. The Hall–Kier alpha value is -1.40. The fourth-order valence-corrected chi connectivity index (χ4v) is 1.50. The summed E-state index contributed by atoms with van der Waals surface area (Å²) in [5.41, 5.74) is 0.661. The zero-order valence-electron chi connectivity index (χ0n) is 9.24. The summed E-state index contributed by atoms with van der Waals surface area (Å²) in [4.78, 5) is 22.0. The number of carbonyl (C=O) groups excluding carboxylic acids is 1. The molecular weight excluding hydrogens is 288 g/mol. The van der Waals surface area contributed by atoms with E-state index in [2.05, 4.69) is 26.6 Å². The van der Waals surface area contributed by atoms with Gasteiger partial charge in [-0.25, -0.2) is 0 Å². The molecule has 1 rings (SSSR count). The number of rotatable bonds is 5. The quantitative estimate of drug-likeness (QED) is 0.769. The number of benzene rings is 1. The van der Waals surface area contributed by atoms with Crippen LogP contribution < -0.4 is 10.6 Å². The Morgan fingerprint density at radius 2 is 2.18 bits per heavy atom. The number of carboxylic acids is 1. The Bertz CT molecular complexity index is 423. The summed E-state index contributed by atoms with van der Waals surface area (Å²) in [6, 6.07) is 6.41. The van der Waals surface area contributed by atoms with E-state index in [9.17, 15) is 9.59 Å². The maximum Gasteiger partial charge on any atom is 0.320 e. The lowest BCUT2D eigenvalue weighted by Crippen LogP contribution is -2.39. The van der Waals surface area contributed by atoms with Gasteiger partial charge < -0.3 is 10.4 Å². The molecule has 1 aromatic rings. The molecule has 1 aromatic carbocycles. The molecule has 0 saturated carbocycles. The van der Waals surface area contributed by atoms with Crippen LogP contribution in [0.3, 0.4) is 0 Å². The maximum atomic E-state index is 11.5. The van der Waals surface area contributed by atoms with Gasteiger partial charge in [0.05, 0.1) is 6.54 Å². The molecule has 5 nitrogen and oxygen atoms in total. The van der Waals surface area contributed by atoms with Crippen LogP contribution >= 0.6 is 15.9 Å². The highest BCUT2D eigenvalue weighted by Gasteiger charge is 2.11. The average Bonchev–Trinajstić information content (AvgIpc) is 2.25. The number of hydrogen-bond acceptors (Lipinski definition) is 3. The lowest BCUT2D eigenvalue weighted by atomic mass is 10.3. The summed E-state index contributed by atoms with van der Waals surface area (Å²) in [7, 11) is 0. The van der Waals surface area contributed by atoms with Crippen molar-refractivity contribution >= 4 is 33.5 Å². The molecule has 0 radical (unpaired) electrons. The van der Waals surface area contributed by atoms with E-state index in [0.29, 0.717) is 5.69 Å². The van der Waals surface area contributed by atoms with Crippen LogP contribution in [0, 0.1) is 0 Å². The Kier molecular flexibility index (Phi) is 5.11. The Morgan fingerprint density at radius 3 is 2.76 bits per heavy atom. The van der Waals surface area contributed by atoms with E-state index >= 15 is 0 Å². The summed E-state index contributed by atoms with van der Waals surface area (Å²) in [5, 5.41) is 13.9. The molecule has 6 heteroatoms. The molecule has 0 bridgehead atoms. The Balaban J connectivity index is 2.42. The summed E-state index contributed by atoms with van der Waals surface area (Å²) in [6.45, 7) is 1.44. The first-order valence-electron chi connectivity index (χ1n) is 5.00. The number of amides is 1. The third kappa shape index (κ3) is 4.97. The van der Waals surface area contributed by atoms with E-state index in [1.807, 2.05) is 6.07 Å². The molecule has 0 aliphatic heterocycles. The normalized spacial score (nSPS) is 11.9. The lowest BCUT2D eigenvalue weighted by molar-refractivity contribution is -0.139. The Morgan fingerprint density at radius 1 is 1.47 bits per heavy atom. The highest BCUT2D eigenvalue weighted by atomic mass is 79.9. The van der Waals surface area contributed by atoms with E-state index in [0.717, 1.165) is 4.47 Å². The second-order valence-corrected chi connectivity index (χ2v) is 4.42. The van der Waals surface area contributed by atoms with Gasteiger partial charge in [0.1, 0.15) is 6.04 Å². The monoisotopic (exact) mass is 300 g/mol. The van der Waals surface area contributed by atoms with Crippen molar-refractivity contribution in [3.05, 3.63) is 28.7 Å². The first-order valence-corrected chi connectivity index (χ1v) is 5.80. The van der Waals surface area contributed by atoms with Crippen LogP contribution in [0.4, 0.5) is 5.69 Å². The molecule has 0 fully saturated rings. The molecular formula is C11H13BrN2O3. The van der Waals surface area contributed by atoms with Crippen molar-refractivity contribution in [1.82, 2.24) is 5.32 Å². The number of carboxylic acid groups (broad SMARTS) is 1. The topological polar surface area (TPSA) is 78.4 Å². The zero-order chi connectivity index (χ0) is 12.8. The van der Waals surface area contributed by atoms with Gasteiger partial charge in [-0.05, 0) is 25.1 Å². The minimum Gasteiger partial charge on any atom is -0.480 e. The number of aliphatic carboxylic acids is 1. The van der Waals surface area contributed by atoms with Gasteiger partial charge in [-0.1, -0.05) is 22.0 Å². The summed E-state index contributed by atoms with van der Waals surface area (Å²) >= 11 is 3.29. The van der Waals surface area contributed by atoms with Crippen molar-refractivity contribution in [2.75, 3.05) is 11.9 Å². The van der Waals surface area contributed by atoms with E-state index in [1.54, 1.807) is 18.2 Å². The van der Waals surface area contributed by atoms with Gasteiger partial charge in [0.2, 0.25) is 5.91 Å². The Labute approximate surface area is 107 Å². The highest BCUT2D eigenvalue weighted by molar-refractivity contribution is 9.10. The van der Waals surface area contributed by atoms with Gasteiger partial charge in [-0.2, -0.15) is 0 Å². The molecule has 1 atom stereocenters. The van der Waals surface area contributed by atoms with Crippen LogP contribution in [0.1, 0.15) is 6.92 Å². The van der Waals surface area contributed by atoms with Gasteiger partial charge >= 0.3 is 5.97 Å². The fourth-order valence-electron chi connectivity index (χ4n) is 1.10. The predicted molar refractivity (Wildman–Crippen MR) is 67.9 cm³/mol. The van der Waals surface area contributed by atoms with Gasteiger partial charge in [-0.3, -0.25) is 14.9 Å². The van der Waals surface area contributed by atoms with Crippen molar-refractivity contribution in [1.29, 1.82) is 0 Å². The number of halogens is 1. The standard InChI is InChI=1S/C11H13BrN2O3/c1-7(11(16)17)13-6-10(15)14-9-4-2-3-8(12)5-9/h2-5,7,13H,6H2,1H3,(H,14,15)(H,16,17)/t7-/m1/s1. The first-order chi connectivity index (χ1) is 7.99. The van der Waals surface area contributed by atoms with Crippen LogP contribution in [0.15, 0.2) is 28.7 Å². The highest BCUT2D eigenvalue weighted by Crippen LogP contribution is 2.15. The number of nitrogens with one attached hydrogen (secondary N) is 2. The van der Waals surface area contributed by atoms with Crippen molar-refractivity contribution < 1.29 is 14.7 Å². The molecule has 0 heterocycles.